The van der Waals surface area contributed by atoms with Gasteiger partial charge >= 0.3 is 0 Å². The Morgan fingerprint density at radius 3 is 2.03 bits per heavy atom. The molecule has 180 valence electrons. The number of hydrogen-bond acceptors (Lipinski definition) is 4. The van der Waals surface area contributed by atoms with Crippen LogP contribution in [0.4, 0.5) is 0 Å². The molecule has 35 heavy (non-hydrogen) atoms. The summed E-state index contributed by atoms with van der Waals surface area (Å²) in [4.78, 5) is 15.6. The predicted octanol–water partition coefficient (Wildman–Crippen LogP) is 4.23. The van der Waals surface area contributed by atoms with E-state index in [0.717, 1.165) is 12.0 Å². The summed E-state index contributed by atoms with van der Waals surface area (Å²) in [6.07, 6.45) is 1.75. The van der Waals surface area contributed by atoms with Crippen LogP contribution >= 0.6 is 0 Å². The normalized spacial score (nSPS) is 14.8. The number of piperidine rings is 1. The van der Waals surface area contributed by atoms with Gasteiger partial charge in [0.05, 0.1) is 16.5 Å². The average molecular weight is 488 g/mol. The standard InChI is InChI=1S/C28H29N3O3S/c29-21-24-11-13-27(14-12-24)35(33,34)31-19-16-26(17-20-31)28(32)30(22-25-9-5-2-6-10-25)18-15-23-7-3-1-4-8-23/h1-14,26H,15-20,22H2. The summed E-state index contributed by atoms with van der Waals surface area (Å²) < 4.78 is 27.5. The van der Waals surface area contributed by atoms with Gasteiger partial charge in [0.15, 0.2) is 0 Å². The third-order valence-corrected chi connectivity index (χ3v) is 8.38. The minimum absolute atomic E-state index is 0.0835. The summed E-state index contributed by atoms with van der Waals surface area (Å²) in [5.41, 5.74) is 2.68. The topological polar surface area (TPSA) is 81.5 Å². The molecule has 1 amide bonds. The molecule has 1 aliphatic heterocycles. The molecule has 0 aliphatic carbocycles. The number of carbonyl (C=O) groups excluding carboxylic acids is 1. The summed E-state index contributed by atoms with van der Waals surface area (Å²) in [7, 11) is -3.65. The fourth-order valence-corrected chi connectivity index (χ4v) is 5.90. The SMILES string of the molecule is N#Cc1ccc(S(=O)(=O)N2CCC(C(=O)N(CCc3ccccc3)Cc3ccccc3)CC2)cc1. The maximum absolute atomic E-state index is 13.5. The highest BCUT2D eigenvalue weighted by atomic mass is 32.2. The Morgan fingerprint density at radius 2 is 1.46 bits per heavy atom. The molecule has 1 aliphatic rings. The van der Waals surface area contributed by atoms with Gasteiger partial charge in [0.1, 0.15) is 0 Å². The van der Waals surface area contributed by atoms with Crippen molar-refractivity contribution in [2.45, 2.75) is 30.7 Å². The van der Waals surface area contributed by atoms with Crippen LogP contribution in [0, 0.1) is 17.2 Å². The molecular formula is C28H29N3O3S. The zero-order valence-corrected chi connectivity index (χ0v) is 20.4. The minimum Gasteiger partial charge on any atom is -0.338 e. The molecule has 0 bridgehead atoms. The highest BCUT2D eigenvalue weighted by Gasteiger charge is 2.33. The molecule has 0 aromatic heterocycles. The lowest BCUT2D eigenvalue weighted by molar-refractivity contribution is -0.137. The molecule has 6 nitrogen and oxygen atoms in total. The van der Waals surface area contributed by atoms with Gasteiger partial charge in [0.2, 0.25) is 15.9 Å². The first-order valence-electron chi connectivity index (χ1n) is 11.8. The largest absolute Gasteiger partial charge is 0.338 e. The van der Waals surface area contributed by atoms with Gasteiger partial charge in [0, 0.05) is 32.1 Å². The van der Waals surface area contributed by atoms with Gasteiger partial charge < -0.3 is 4.90 Å². The van der Waals surface area contributed by atoms with E-state index < -0.39 is 10.0 Å². The fraction of sp³-hybridized carbons (Fsp3) is 0.286. The molecule has 3 aromatic carbocycles. The highest BCUT2D eigenvalue weighted by molar-refractivity contribution is 7.89. The molecule has 1 heterocycles. The van der Waals surface area contributed by atoms with Crippen LogP contribution in [0.2, 0.25) is 0 Å². The van der Waals surface area contributed by atoms with Gasteiger partial charge in [-0.3, -0.25) is 4.79 Å². The lowest BCUT2D eigenvalue weighted by Gasteiger charge is -2.34. The van der Waals surface area contributed by atoms with Gasteiger partial charge in [0.25, 0.3) is 0 Å². The zero-order valence-electron chi connectivity index (χ0n) is 19.6. The van der Waals surface area contributed by atoms with E-state index in [9.17, 15) is 13.2 Å². The summed E-state index contributed by atoms with van der Waals surface area (Å²) >= 11 is 0. The Labute approximate surface area is 207 Å². The number of carbonyl (C=O) groups is 1. The number of sulfonamides is 1. The predicted molar refractivity (Wildman–Crippen MR) is 135 cm³/mol. The quantitative estimate of drug-likeness (QED) is 0.476. The van der Waals surface area contributed by atoms with Crippen molar-refractivity contribution in [3.8, 4) is 6.07 Å². The average Bonchev–Trinajstić information content (AvgIpc) is 2.92. The lowest BCUT2D eigenvalue weighted by atomic mass is 9.96. The minimum atomic E-state index is -3.65. The number of nitriles is 1. The Bertz CT molecular complexity index is 1260. The highest BCUT2D eigenvalue weighted by Crippen LogP contribution is 2.26. The Kier molecular flexibility index (Phi) is 7.96. The molecule has 0 saturated carbocycles. The summed E-state index contributed by atoms with van der Waals surface area (Å²) in [6.45, 7) is 1.75. The Balaban J connectivity index is 1.42. The lowest BCUT2D eigenvalue weighted by Crippen LogP contribution is -2.44. The van der Waals surface area contributed by atoms with E-state index in [1.807, 2.05) is 59.5 Å². The third-order valence-electron chi connectivity index (χ3n) is 6.47. The van der Waals surface area contributed by atoms with Crippen molar-refractivity contribution in [1.29, 1.82) is 5.26 Å². The number of nitrogens with zero attached hydrogens (tertiary/aromatic N) is 3. The first-order chi connectivity index (χ1) is 17.0. The van der Waals surface area contributed by atoms with Gasteiger partial charge in [-0.1, -0.05) is 60.7 Å². The van der Waals surface area contributed by atoms with E-state index in [1.54, 1.807) is 0 Å². The zero-order chi connectivity index (χ0) is 24.7. The van der Waals surface area contributed by atoms with Gasteiger partial charge in [-0.25, -0.2) is 8.42 Å². The number of benzene rings is 3. The van der Waals surface area contributed by atoms with Crippen LogP contribution in [0.5, 0.6) is 0 Å². The van der Waals surface area contributed by atoms with Crippen LogP contribution < -0.4 is 0 Å². The molecule has 0 N–H and O–H groups in total. The monoisotopic (exact) mass is 487 g/mol. The van der Waals surface area contributed by atoms with E-state index >= 15 is 0 Å². The number of rotatable bonds is 8. The van der Waals surface area contributed by atoms with Crippen molar-refractivity contribution in [1.82, 2.24) is 9.21 Å². The van der Waals surface area contributed by atoms with Crippen LogP contribution in [-0.4, -0.2) is 43.2 Å². The number of amides is 1. The van der Waals surface area contributed by atoms with E-state index in [0.29, 0.717) is 44.6 Å². The molecule has 1 saturated heterocycles. The molecular weight excluding hydrogens is 458 g/mol. The molecule has 0 radical (unpaired) electrons. The molecule has 7 heteroatoms. The Morgan fingerprint density at radius 1 is 0.886 bits per heavy atom. The van der Waals surface area contributed by atoms with Crippen LogP contribution in [0.3, 0.4) is 0 Å². The van der Waals surface area contributed by atoms with E-state index in [2.05, 4.69) is 12.1 Å². The fourth-order valence-electron chi connectivity index (χ4n) is 4.43. The summed E-state index contributed by atoms with van der Waals surface area (Å²) in [5, 5.41) is 8.96. The molecule has 4 rings (SSSR count). The second kappa shape index (κ2) is 11.3. The molecule has 0 unspecified atom stereocenters. The second-order valence-electron chi connectivity index (χ2n) is 8.80. The van der Waals surface area contributed by atoms with Crippen molar-refractivity contribution in [2.75, 3.05) is 19.6 Å². The van der Waals surface area contributed by atoms with E-state index in [4.69, 9.17) is 5.26 Å². The van der Waals surface area contributed by atoms with E-state index in [-0.39, 0.29) is 16.7 Å². The van der Waals surface area contributed by atoms with E-state index in [1.165, 1.54) is 34.1 Å². The van der Waals surface area contributed by atoms with Gasteiger partial charge in [-0.2, -0.15) is 9.57 Å². The van der Waals surface area contributed by atoms with Crippen LogP contribution in [-0.2, 0) is 27.8 Å². The summed E-state index contributed by atoms with van der Waals surface area (Å²) in [5.74, 6) is -0.123. The Hall–Kier alpha value is -3.47. The maximum Gasteiger partial charge on any atom is 0.243 e. The molecule has 1 fully saturated rings. The molecule has 3 aromatic rings. The van der Waals surface area contributed by atoms with Crippen molar-refractivity contribution in [2.24, 2.45) is 5.92 Å². The first-order valence-corrected chi connectivity index (χ1v) is 13.3. The first kappa shape index (κ1) is 24.6. The smallest absolute Gasteiger partial charge is 0.243 e. The second-order valence-corrected chi connectivity index (χ2v) is 10.7. The van der Waals surface area contributed by atoms with Crippen molar-refractivity contribution in [3.63, 3.8) is 0 Å². The van der Waals surface area contributed by atoms with Crippen molar-refractivity contribution >= 4 is 15.9 Å². The van der Waals surface area contributed by atoms with Crippen LogP contribution in [0.15, 0.2) is 89.8 Å². The van der Waals surface area contributed by atoms with Crippen molar-refractivity contribution < 1.29 is 13.2 Å². The van der Waals surface area contributed by atoms with Gasteiger partial charge in [-0.15, -0.1) is 0 Å². The summed E-state index contributed by atoms with van der Waals surface area (Å²) in [6, 6.07) is 28.0. The third kappa shape index (κ3) is 6.16. The van der Waals surface area contributed by atoms with Crippen LogP contribution in [0.25, 0.3) is 0 Å². The molecule has 0 atom stereocenters. The van der Waals surface area contributed by atoms with Crippen LogP contribution in [0.1, 0.15) is 29.5 Å². The molecule has 0 spiro atoms. The number of hydrogen-bond donors (Lipinski definition) is 0. The van der Waals surface area contributed by atoms with Crippen molar-refractivity contribution in [3.05, 3.63) is 102 Å². The maximum atomic E-state index is 13.5. The van der Waals surface area contributed by atoms with Gasteiger partial charge in [-0.05, 0) is 54.7 Å².